The molecule has 0 saturated carbocycles. The number of pyridine rings is 1. The molecule has 0 spiro atoms. The molecule has 0 aliphatic carbocycles. The highest BCUT2D eigenvalue weighted by molar-refractivity contribution is 7.18. The first-order valence-corrected chi connectivity index (χ1v) is 9.26. The molecule has 2 aromatic heterocycles. The molecule has 3 heterocycles. The first-order chi connectivity index (χ1) is 13.5. The SMILES string of the molecule is CC1(P)N=c2nc(-c3cc[n+](CC(=O)OCc4ccccc4)cc3)[nH]c2=NO1. The lowest BCUT2D eigenvalue weighted by atomic mass is 10.2. The van der Waals surface area contributed by atoms with Crippen molar-refractivity contribution in [1.29, 1.82) is 0 Å². The van der Waals surface area contributed by atoms with Gasteiger partial charge in [-0.05, 0) is 5.56 Å². The minimum atomic E-state index is -0.806. The largest absolute Gasteiger partial charge is 0.456 e. The Hall–Kier alpha value is -3.12. The quantitative estimate of drug-likeness (QED) is 0.393. The molecule has 1 aromatic carbocycles. The second-order valence-corrected chi connectivity index (χ2v) is 7.58. The molecule has 0 radical (unpaired) electrons. The van der Waals surface area contributed by atoms with Gasteiger partial charge in [0, 0.05) is 24.6 Å². The maximum Gasteiger partial charge on any atom is 0.373 e. The molecular weight excluding hydrogens is 377 g/mol. The number of carbonyl (C=O) groups excluding carboxylic acids is 1. The number of imidazole rings is 1. The number of benzene rings is 1. The standard InChI is InChI=1S/C19H19N5O3P/c1-19(28)22-17-18(23-27-19)21-16(20-17)14-7-9-24(10-8-14)11-15(25)26-12-13-5-3-2-4-6-13/h2-10H,11-12,28H2,1H3,(H,20,21,22,23)/q+1. The first kappa shape index (κ1) is 18.3. The number of aromatic nitrogens is 3. The third-order valence-electron chi connectivity index (χ3n) is 4.03. The van der Waals surface area contributed by atoms with Crippen LogP contribution in [0.15, 0.2) is 65.0 Å². The van der Waals surface area contributed by atoms with Gasteiger partial charge in [0.25, 0.3) is 0 Å². The summed E-state index contributed by atoms with van der Waals surface area (Å²) in [6, 6.07) is 13.3. The average molecular weight is 396 g/mol. The van der Waals surface area contributed by atoms with Crippen LogP contribution >= 0.6 is 9.24 Å². The molecule has 9 heteroatoms. The first-order valence-electron chi connectivity index (χ1n) is 8.68. The van der Waals surface area contributed by atoms with Gasteiger partial charge in [0.15, 0.2) is 12.4 Å². The van der Waals surface area contributed by atoms with E-state index in [1.165, 1.54) is 0 Å². The highest BCUT2D eigenvalue weighted by Gasteiger charge is 2.22. The monoisotopic (exact) mass is 396 g/mol. The second-order valence-electron chi connectivity index (χ2n) is 6.51. The number of hydrogen-bond donors (Lipinski definition) is 1. The van der Waals surface area contributed by atoms with E-state index in [0.717, 1.165) is 11.1 Å². The molecule has 1 aliphatic rings. The van der Waals surface area contributed by atoms with Crippen molar-refractivity contribution in [3.8, 4) is 11.4 Å². The number of rotatable bonds is 5. The van der Waals surface area contributed by atoms with Crippen LogP contribution in [0.4, 0.5) is 0 Å². The van der Waals surface area contributed by atoms with Gasteiger partial charge in [-0.3, -0.25) is 0 Å². The Labute approximate surface area is 163 Å². The van der Waals surface area contributed by atoms with Crippen LogP contribution < -0.4 is 15.5 Å². The van der Waals surface area contributed by atoms with Crippen LogP contribution in [-0.4, -0.2) is 21.4 Å². The Bertz CT molecular complexity index is 1110. The van der Waals surface area contributed by atoms with Crippen molar-refractivity contribution >= 4 is 15.2 Å². The Balaban J connectivity index is 1.42. The molecule has 0 saturated heterocycles. The van der Waals surface area contributed by atoms with Gasteiger partial charge in [0.2, 0.25) is 23.0 Å². The zero-order valence-electron chi connectivity index (χ0n) is 15.2. The number of ether oxygens (including phenoxy) is 1. The van der Waals surface area contributed by atoms with Gasteiger partial charge >= 0.3 is 5.97 Å². The Morgan fingerprint density at radius 2 is 2.00 bits per heavy atom. The average Bonchev–Trinajstić information content (AvgIpc) is 3.10. The zero-order valence-corrected chi connectivity index (χ0v) is 16.4. The lowest BCUT2D eigenvalue weighted by Crippen LogP contribution is -2.37. The normalized spacial score (nSPS) is 17.6. The maximum atomic E-state index is 12.0. The van der Waals surface area contributed by atoms with E-state index < -0.39 is 5.47 Å². The predicted octanol–water partition coefficient (Wildman–Crippen LogP) is 0.841. The molecule has 0 amide bonds. The number of carbonyl (C=O) groups is 1. The summed E-state index contributed by atoms with van der Waals surface area (Å²) in [7, 11) is 2.48. The summed E-state index contributed by atoms with van der Waals surface area (Å²) in [4.78, 5) is 29.2. The van der Waals surface area contributed by atoms with Crippen molar-refractivity contribution in [3.63, 3.8) is 0 Å². The summed E-state index contributed by atoms with van der Waals surface area (Å²) in [5.74, 6) is 0.326. The minimum Gasteiger partial charge on any atom is -0.456 e. The van der Waals surface area contributed by atoms with E-state index in [4.69, 9.17) is 9.57 Å². The molecule has 1 N–H and O–H groups in total. The van der Waals surface area contributed by atoms with Crippen molar-refractivity contribution in [2.75, 3.05) is 0 Å². The smallest absolute Gasteiger partial charge is 0.373 e. The van der Waals surface area contributed by atoms with Gasteiger partial charge in [-0.15, -0.1) is 0 Å². The molecule has 8 nitrogen and oxygen atoms in total. The van der Waals surface area contributed by atoms with Crippen LogP contribution in [0.3, 0.4) is 0 Å². The molecule has 4 rings (SSSR count). The number of H-pyrrole nitrogens is 1. The molecule has 3 aromatic rings. The molecule has 2 atom stereocenters. The van der Waals surface area contributed by atoms with E-state index in [-0.39, 0.29) is 19.1 Å². The lowest BCUT2D eigenvalue weighted by Gasteiger charge is -2.17. The zero-order chi connectivity index (χ0) is 19.6. The maximum absolute atomic E-state index is 12.0. The molecule has 28 heavy (non-hydrogen) atoms. The Morgan fingerprint density at radius 3 is 2.75 bits per heavy atom. The van der Waals surface area contributed by atoms with Crippen LogP contribution in [-0.2, 0) is 27.5 Å². The van der Waals surface area contributed by atoms with Crippen molar-refractivity contribution in [2.45, 2.75) is 25.5 Å². The van der Waals surface area contributed by atoms with Gasteiger partial charge in [-0.2, -0.15) is 4.57 Å². The molecule has 1 aliphatic heterocycles. The van der Waals surface area contributed by atoms with Crippen molar-refractivity contribution in [3.05, 3.63) is 71.4 Å². The number of nitrogens with one attached hydrogen (secondary N) is 1. The fraction of sp³-hybridized carbons (Fsp3) is 0.211. The number of fused-ring (bicyclic) bond motifs is 1. The van der Waals surface area contributed by atoms with Gasteiger partial charge in [-0.1, -0.05) is 44.7 Å². The Kier molecular flexibility index (Phi) is 4.88. The second kappa shape index (κ2) is 7.48. The number of aromatic amines is 1. The highest BCUT2D eigenvalue weighted by Crippen LogP contribution is 2.21. The predicted molar refractivity (Wildman–Crippen MR) is 102 cm³/mol. The van der Waals surface area contributed by atoms with Crippen molar-refractivity contribution in [2.24, 2.45) is 10.1 Å². The third-order valence-corrected chi connectivity index (χ3v) is 4.27. The summed E-state index contributed by atoms with van der Waals surface area (Å²) in [6.07, 6.45) is 3.59. The van der Waals surface area contributed by atoms with Gasteiger partial charge in [0.05, 0.1) is 0 Å². The van der Waals surface area contributed by atoms with Crippen molar-refractivity contribution < 1.29 is 18.9 Å². The fourth-order valence-electron chi connectivity index (χ4n) is 2.66. The van der Waals surface area contributed by atoms with E-state index in [0.29, 0.717) is 16.8 Å². The topological polar surface area (TPSA) is 92.8 Å². The van der Waals surface area contributed by atoms with Gasteiger partial charge in [0.1, 0.15) is 12.4 Å². The number of nitrogens with zero attached hydrogens (tertiary/aromatic N) is 4. The molecule has 0 bridgehead atoms. The summed E-state index contributed by atoms with van der Waals surface area (Å²) >= 11 is 0. The van der Waals surface area contributed by atoms with Crippen LogP contribution in [0.2, 0.25) is 0 Å². The number of esters is 1. The van der Waals surface area contributed by atoms with E-state index >= 15 is 0 Å². The molecule has 0 fully saturated rings. The third kappa shape index (κ3) is 4.23. The Morgan fingerprint density at radius 1 is 1.25 bits per heavy atom. The summed E-state index contributed by atoms with van der Waals surface area (Å²) in [5, 5.41) is 4.00. The summed E-state index contributed by atoms with van der Waals surface area (Å²) in [5.41, 5.74) is 1.98. The van der Waals surface area contributed by atoms with Crippen LogP contribution in [0.25, 0.3) is 11.4 Å². The molecule has 2 unspecified atom stereocenters. The van der Waals surface area contributed by atoms with E-state index in [1.54, 1.807) is 23.9 Å². The summed E-state index contributed by atoms with van der Waals surface area (Å²) in [6.45, 7) is 2.17. The fourth-order valence-corrected chi connectivity index (χ4v) is 2.83. The number of hydrogen-bond acceptors (Lipinski definition) is 6. The van der Waals surface area contributed by atoms with Crippen LogP contribution in [0, 0.1) is 0 Å². The molecular formula is C19H19N5O3P+. The van der Waals surface area contributed by atoms with E-state index in [2.05, 4.69) is 29.4 Å². The lowest BCUT2D eigenvalue weighted by molar-refractivity contribution is -0.685. The van der Waals surface area contributed by atoms with Crippen LogP contribution in [0.1, 0.15) is 12.5 Å². The van der Waals surface area contributed by atoms with E-state index in [1.807, 2.05) is 42.5 Å². The van der Waals surface area contributed by atoms with Crippen LogP contribution in [0.5, 0.6) is 0 Å². The van der Waals surface area contributed by atoms with Gasteiger partial charge < -0.3 is 14.6 Å². The minimum absolute atomic E-state index is 0.131. The highest BCUT2D eigenvalue weighted by atomic mass is 31.0. The van der Waals surface area contributed by atoms with E-state index in [9.17, 15) is 4.79 Å². The van der Waals surface area contributed by atoms with Crippen molar-refractivity contribution in [1.82, 2.24) is 9.97 Å². The van der Waals surface area contributed by atoms with Gasteiger partial charge in [-0.25, -0.2) is 14.8 Å². The molecule has 142 valence electrons. The summed E-state index contributed by atoms with van der Waals surface area (Å²) < 4.78 is 7.05.